The Morgan fingerprint density at radius 2 is 1.94 bits per heavy atom. The summed E-state index contributed by atoms with van der Waals surface area (Å²) in [5.41, 5.74) is 1.89. The highest BCUT2D eigenvalue weighted by Crippen LogP contribution is 2.15. The van der Waals surface area contributed by atoms with Crippen molar-refractivity contribution >= 4 is 5.97 Å². The number of aliphatic hydroxyl groups is 1. The van der Waals surface area contributed by atoms with Crippen molar-refractivity contribution in [1.82, 2.24) is 5.32 Å². The van der Waals surface area contributed by atoms with E-state index in [-0.39, 0.29) is 6.10 Å². The molecule has 0 amide bonds. The predicted molar refractivity (Wildman–Crippen MR) is 70.5 cm³/mol. The minimum Gasteiger partial charge on any atom is -0.481 e. The molecule has 0 heterocycles. The van der Waals surface area contributed by atoms with E-state index < -0.39 is 11.9 Å². The van der Waals surface area contributed by atoms with Gasteiger partial charge >= 0.3 is 5.97 Å². The molecule has 100 valence electrons. The van der Waals surface area contributed by atoms with Gasteiger partial charge in [0.2, 0.25) is 0 Å². The Labute approximate surface area is 108 Å². The van der Waals surface area contributed by atoms with E-state index in [4.69, 9.17) is 5.11 Å². The average molecular weight is 251 g/mol. The zero-order valence-electron chi connectivity index (χ0n) is 10.9. The van der Waals surface area contributed by atoms with E-state index in [2.05, 4.69) is 5.32 Å². The monoisotopic (exact) mass is 251 g/mol. The lowest BCUT2D eigenvalue weighted by Crippen LogP contribution is -2.25. The molecule has 3 N–H and O–H groups in total. The molecule has 0 saturated heterocycles. The minimum absolute atomic E-state index is 0.309. The molecule has 4 heteroatoms. The van der Waals surface area contributed by atoms with Gasteiger partial charge < -0.3 is 15.5 Å². The van der Waals surface area contributed by atoms with Crippen LogP contribution in [0.3, 0.4) is 0 Å². The molecule has 0 spiro atoms. The first-order chi connectivity index (χ1) is 8.54. The van der Waals surface area contributed by atoms with E-state index >= 15 is 0 Å². The molecule has 1 aromatic rings. The topological polar surface area (TPSA) is 69.6 Å². The highest BCUT2D eigenvalue weighted by molar-refractivity contribution is 5.75. The molecule has 0 radical (unpaired) electrons. The van der Waals surface area contributed by atoms with Gasteiger partial charge in [-0.2, -0.15) is 0 Å². The van der Waals surface area contributed by atoms with Crippen LogP contribution in [0.1, 0.15) is 37.3 Å². The van der Waals surface area contributed by atoms with E-state index in [1.807, 2.05) is 31.2 Å². The summed E-state index contributed by atoms with van der Waals surface area (Å²) in [6.45, 7) is 4.87. The number of benzene rings is 1. The van der Waals surface area contributed by atoms with E-state index in [0.717, 1.165) is 17.5 Å². The van der Waals surface area contributed by atoms with Gasteiger partial charge in [-0.15, -0.1) is 0 Å². The van der Waals surface area contributed by atoms with Gasteiger partial charge in [-0.25, -0.2) is 0 Å². The molecule has 2 unspecified atom stereocenters. The van der Waals surface area contributed by atoms with Crippen molar-refractivity contribution in [3.05, 3.63) is 35.4 Å². The second kappa shape index (κ2) is 7.13. The maximum Gasteiger partial charge on any atom is 0.310 e. The number of carboxylic acid groups (broad SMARTS) is 1. The summed E-state index contributed by atoms with van der Waals surface area (Å²) in [6.07, 6.45) is 0.429. The minimum atomic E-state index is -0.813. The lowest BCUT2D eigenvalue weighted by atomic mass is 10.00. The molecular weight excluding hydrogens is 230 g/mol. The fraction of sp³-hybridized carbons (Fsp3) is 0.500. The summed E-state index contributed by atoms with van der Waals surface area (Å²) in [4.78, 5) is 10.8. The molecule has 0 aliphatic heterocycles. The third kappa shape index (κ3) is 4.47. The summed E-state index contributed by atoms with van der Waals surface area (Å²) in [6, 6.07) is 7.51. The van der Waals surface area contributed by atoms with Gasteiger partial charge in [0, 0.05) is 13.1 Å². The lowest BCUT2D eigenvalue weighted by molar-refractivity contribution is -0.138. The summed E-state index contributed by atoms with van der Waals surface area (Å²) >= 11 is 0. The van der Waals surface area contributed by atoms with Gasteiger partial charge in [-0.1, -0.05) is 31.2 Å². The smallest absolute Gasteiger partial charge is 0.310 e. The van der Waals surface area contributed by atoms with Crippen molar-refractivity contribution < 1.29 is 15.0 Å². The molecule has 18 heavy (non-hydrogen) atoms. The van der Waals surface area contributed by atoms with E-state index in [9.17, 15) is 9.90 Å². The number of carboxylic acids is 1. The third-order valence-corrected chi connectivity index (χ3v) is 3.03. The summed E-state index contributed by atoms with van der Waals surface area (Å²) in [5, 5.41) is 21.4. The standard InChI is InChI=1S/C14H21NO3/c1-3-13(16)9-15-8-11-4-6-12(7-5-11)10(2)14(17)18/h4-7,10,13,15-16H,3,8-9H2,1-2H3,(H,17,18). The van der Waals surface area contributed by atoms with Gasteiger partial charge in [0.05, 0.1) is 12.0 Å². The van der Waals surface area contributed by atoms with Crippen molar-refractivity contribution in [3.63, 3.8) is 0 Å². The van der Waals surface area contributed by atoms with E-state index in [0.29, 0.717) is 13.1 Å². The van der Waals surface area contributed by atoms with Crippen molar-refractivity contribution in [2.75, 3.05) is 6.54 Å². The summed E-state index contributed by atoms with van der Waals surface area (Å²) in [7, 11) is 0. The molecule has 4 nitrogen and oxygen atoms in total. The van der Waals surface area contributed by atoms with Crippen LogP contribution in [0.25, 0.3) is 0 Å². The molecule has 0 saturated carbocycles. The van der Waals surface area contributed by atoms with Crippen LogP contribution in [-0.2, 0) is 11.3 Å². The Bertz CT molecular complexity index is 375. The average Bonchev–Trinajstić information content (AvgIpc) is 2.38. The number of aliphatic hydroxyl groups excluding tert-OH is 1. The zero-order chi connectivity index (χ0) is 13.5. The molecule has 0 fully saturated rings. The number of rotatable bonds is 7. The largest absolute Gasteiger partial charge is 0.481 e. The molecule has 1 rings (SSSR count). The third-order valence-electron chi connectivity index (χ3n) is 3.03. The molecule has 0 aromatic heterocycles. The first-order valence-corrected chi connectivity index (χ1v) is 6.25. The first-order valence-electron chi connectivity index (χ1n) is 6.25. The number of hydrogen-bond donors (Lipinski definition) is 3. The van der Waals surface area contributed by atoms with Crippen molar-refractivity contribution in [2.45, 2.75) is 38.8 Å². The Morgan fingerprint density at radius 1 is 1.33 bits per heavy atom. The van der Waals surface area contributed by atoms with Gasteiger partial charge in [-0.05, 0) is 24.5 Å². The zero-order valence-corrected chi connectivity index (χ0v) is 10.9. The van der Waals surface area contributed by atoms with Crippen LogP contribution in [0.5, 0.6) is 0 Å². The molecular formula is C14H21NO3. The van der Waals surface area contributed by atoms with Gasteiger partial charge in [0.25, 0.3) is 0 Å². The predicted octanol–water partition coefficient (Wildman–Crippen LogP) is 1.74. The molecule has 0 aliphatic carbocycles. The first kappa shape index (κ1) is 14.7. The lowest BCUT2D eigenvalue weighted by Gasteiger charge is -2.10. The van der Waals surface area contributed by atoms with Crippen LogP contribution in [-0.4, -0.2) is 28.8 Å². The highest BCUT2D eigenvalue weighted by atomic mass is 16.4. The van der Waals surface area contributed by atoms with Crippen molar-refractivity contribution in [1.29, 1.82) is 0 Å². The number of nitrogens with one attached hydrogen (secondary N) is 1. The highest BCUT2D eigenvalue weighted by Gasteiger charge is 2.12. The SMILES string of the molecule is CCC(O)CNCc1ccc(C(C)C(=O)O)cc1. The summed E-state index contributed by atoms with van der Waals surface area (Å²) in [5.74, 6) is -1.29. The van der Waals surface area contributed by atoms with Crippen LogP contribution in [0.15, 0.2) is 24.3 Å². The van der Waals surface area contributed by atoms with Gasteiger partial charge in [0.1, 0.15) is 0 Å². The maximum absolute atomic E-state index is 10.8. The van der Waals surface area contributed by atoms with Crippen LogP contribution >= 0.6 is 0 Å². The van der Waals surface area contributed by atoms with E-state index in [1.165, 1.54) is 0 Å². The van der Waals surface area contributed by atoms with Crippen molar-refractivity contribution in [3.8, 4) is 0 Å². The molecule has 0 aliphatic rings. The van der Waals surface area contributed by atoms with Crippen LogP contribution in [0.4, 0.5) is 0 Å². The number of aliphatic carboxylic acids is 1. The number of hydrogen-bond acceptors (Lipinski definition) is 3. The second-order valence-electron chi connectivity index (χ2n) is 4.49. The van der Waals surface area contributed by atoms with Gasteiger partial charge in [0.15, 0.2) is 0 Å². The van der Waals surface area contributed by atoms with Crippen LogP contribution in [0, 0.1) is 0 Å². The van der Waals surface area contributed by atoms with Crippen LogP contribution in [0.2, 0.25) is 0 Å². The Kier molecular flexibility index (Phi) is 5.82. The summed E-state index contributed by atoms with van der Waals surface area (Å²) < 4.78 is 0. The maximum atomic E-state index is 10.8. The second-order valence-corrected chi connectivity index (χ2v) is 4.49. The Morgan fingerprint density at radius 3 is 2.44 bits per heavy atom. The van der Waals surface area contributed by atoms with Crippen molar-refractivity contribution in [2.24, 2.45) is 0 Å². The molecule has 0 bridgehead atoms. The van der Waals surface area contributed by atoms with E-state index in [1.54, 1.807) is 6.92 Å². The molecule has 1 aromatic carbocycles. The fourth-order valence-corrected chi connectivity index (χ4v) is 1.59. The fourth-order valence-electron chi connectivity index (χ4n) is 1.59. The van der Waals surface area contributed by atoms with Crippen LogP contribution < -0.4 is 5.32 Å². The number of carbonyl (C=O) groups is 1. The Hall–Kier alpha value is -1.39. The molecule has 2 atom stereocenters. The quantitative estimate of drug-likeness (QED) is 0.690. The Balaban J connectivity index is 2.48. The normalized spacial score (nSPS) is 14.2. The van der Waals surface area contributed by atoms with Gasteiger partial charge in [-0.3, -0.25) is 4.79 Å².